The third-order valence-electron chi connectivity index (χ3n) is 4.70. The highest BCUT2D eigenvalue weighted by Gasteiger charge is 2.13. The molecule has 0 amide bonds. The Kier molecular flexibility index (Phi) is 7.09. The van der Waals surface area contributed by atoms with Crippen molar-refractivity contribution in [3.05, 3.63) is 75.8 Å². The third kappa shape index (κ3) is 5.36. The maximum atomic E-state index is 13.5. The van der Waals surface area contributed by atoms with Gasteiger partial charge in [0.15, 0.2) is 17.2 Å². The monoisotopic (exact) mass is 487 g/mol. The lowest BCUT2D eigenvalue weighted by Gasteiger charge is -2.14. The predicted molar refractivity (Wildman–Crippen MR) is 123 cm³/mol. The van der Waals surface area contributed by atoms with Crippen LogP contribution in [-0.2, 0) is 11.3 Å². The van der Waals surface area contributed by atoms with Crippen LogP contribution in [0.1, 0.15) is 5.76 Å². The van der Waals surface area contributed by atoms with Gasteiger partial charge in [0, 0.05) is 23.2 Å². The van der Waals surface area contributed by atoms with E-state index in [4.69, 9.17) is 30.2 Å². The molecular formula is C23H19ClFN3O6. The molecule has 2 aromatic carbocycles. The second-order valence-corrected chi connectivity index (χ2v) is 7.40. The summed E-state index contributed by atoms with van der Waals surface area (Å²) in [4.78, 5) is 20.0. The van der Waals surface area contributed by atoms with Crippen molar-refractivity contribution >= 4 is 34.0 Å². The summed E-state index contributed by atoms with van der Waals surface area (Å²) in [7, 11) is 1.51. The van der Waals surface area contributed by atoms with E-state index in [1.807, 2.05) is 0 Å². The number of hydrogen-bond donors (Lipinski definition) is 2. The zero-order chi connectivity index (χ0) is 24.1. The Labute approximate surface area is 197 Å². The summed E-state index contributed by atoms with van der Waals surface area (Å²) in [6.45, 7) is 0.403. The molecule has 4 aromatic rings. The first-order chi connectivity index (χ1) is 16.4. The van der Waals surface area contributed by atoms with Crippen LogP contribution in [0.25, 0.3) is 10.9 Å². The molecule has 0 spiro atoms. The lowest BCUT2D eigenvalue weighted by molar-refractivity contribution is 0.0762. The number of halogens is 2. The molecule has 0 atom stereocenters. The minimum Gasteiger partial charge on any atom is -0.502 e. The number of hydrogen-bond acceptors (Lipinski definition) is 9. The van der Waals surface area contributed by atoms with Crippen molar-refractivity contribution in [3.8, 4) is 17.2 Å². The first-order valence-electron chi connectivity index (χ1n) is 10.0. The molecule has 0 saturated carbocycles. The van der Waals surface area contributed by atoms with Gasteiger partial charge in [-0.15, -0.1) is 0 Å². The van der Waals surface area contributed by atoms with Gasteiger partial charge in [0.05, 0.1) is 24.3 Å². The van der Waals surface area contributed by atoms with Gasteiger partial charge in [-0.05, 0) is 24.3 Å². The molecule has 9 nitrogen and oxygen atoms in total. The first kappa shape index (κ1) is 23.3. The fraction of sp³-hybridized carbons (Fsp3) is 0.174. The Morgan fingerprint density at radius 1 is 1.15 bits per heavy atom. The van der Waals surface area contributed by atoms with E-state index < -0.39 is 17.0 Å². The topological polar surface area (TPSA) is 116 Å². The Morgan fingerprint density at radius 3 is 2.76 bits per heavy atom. The molecule has 0 radical (unpaired) electrons. The molecule has 0 aliphatic carbocycles. The summed E-state index contributed by atoms with van der Waals surface area (Å²) in [5.74, 6) is 0.667. The quantitative estimate of drug-likeness (QED) is 0.331. The van der Waals surface area contributed by atoms with Crippen molar-refractivity contribution in [2.45, 2.75) is 6.61 Å². The van der Waals surface area contributed by atoms with Crippen LogP contribution < -0.4 is 20.2 Å². The molecule has 0 aliphatic heterocycles. The molecule has 176 valence electrons. The van der Waals surface area contributed by atoms with Crippen molar-refractivity contribution in [1.82, 2.24) is 9.97 Å². The van der Waals surface area contributed by atoms with Crippen LogP contribution in [0.15, 0.2) is 58.2 Å². The van der Waals surface area contributed by atoms with Gasteiger partial charge in [-0.25, -0.2) is 14.4 Å². The number of fused-ring (bicyclic) bond motifs is 1. The number of nitrogens with one attached hydrogen (secondary N) is 1. The van der Waals surface area contributed by atoms with E-state index in [1.165, 1.54) is 25.6 Å². The molecule has 0 aliphatic rings. The minimum atomic E-state index is -0.545. The molecule has 2 aromatic heterocycles. The molecule has 0 fully saturated rings. The van der Waals surface area contributed by atoms with Crippen LogP contribution in [-0.4, -0.2) is 35.4 Å². The van der Waals surface area contributed by atoms with E-state index in [1.54, 1.807) is 18.2 Å². The normalized spacial score (nSPS) is 10.9. The maximum Gasteiger partial charge on any atom is 0.226 e. The van der Waals surface area contributed by atoms with E-state index >= 15 is 0 Å². The van der Waals surface area contributed by atoms with E-state index in [2.05, 4.69) is 15.3 Å². The Balaban J connectivity index is 1.46. The zero-order valence-electron chi connectivity index (χ0n) is 17.9. The summed E-state index contributed by atoms with van der Waals surface area (Å²) in [5.41, 5.74) is 0.615. The SMILES string of the molecule is COc1cc2ncnc(Nc3ccc(F)c(Cl)c3)c2cc1OCCOCc1cc(=O)c(O)co1. The lowest BCUT2D eigenvalue weighted by atomic mass is 10.2. The van der Waals surface area contributed by atoms with Crippen molar-refractivity contribution in [1.29, 1.82) is 0 Å². The summed E-state index contributed by atoms with van der Waals surface area (Å²) in [6, 6.07) is 8.85. The van der Waals surface area contributed by atoms with Gasteiger partial charge in [0.2, 0.25) is 5.43 Å². The van der Waals surface area contributed by atoms with Crippen molar-refractivity contribution in [2.75, 3.05) is 25.6 Å². The van der Waals surface area contributed by atoms with Gasteiger partial charge in [0.25, 0.3) is 0 Å². The molecule has 2 heterocycles. The van der Waals surface area contributed by atoms with Crippen LogP contribution in [0.3, 0.4) is 0 Å². The van der Waals surface area contributed by atoms with Crippen LogP contribution in [0.2, 0.25) is 5.02 Å². The highest BCUT2D eigenvalue weighted by molar-refractivity contribution is 6.31. The van der Waals surface area contributed by atoms with Crippen LogP contribution >= 0.6 is 11.6 Å². The fourth-order valence-corrected chi connectivity index (χ4v) is 3.23. The summed E-state index contributed by atoms with van der Waals surface area (Å²) >= 11 is 5.87. The Hall–Kier alpha value is -3.89. The first-order valence-corrected chi connectivity index (χ1v) is 10.4. The molecule has 4 rings (SSSR count). The summed E-state index contributed by atoms with van der Waals surface area (Å²) < 4.78 is 35.2. The predicted octanol–water partition coefficient (Wildman–Crippen LogP) is 4.43. The lowest BCUT2D eigenvalue weighted by Crippen LogP contribution is -2.09. The second kappa shape index (κ2) is 10.4. The number of methoxy groups -OCH3 is 1. The molecule has 11 heteroatoms. The highest BCUT2D eigenvalue weighted by atomic mass is 35.5. The van der Waals surface area contributed by atoms with E-state index in [0.717, 1.165) is 12.3 Å². The second-order valence-electron chi connectivity index (χ2n) is 6.99. The standard InChI is InChI=1S/C23H19ClFN3O6/c1-31-21-9-18-15(23(27-12-26-18)28-13-2-3-17(25)16(24)6-13)8-22(21)33-5-4-32-10-14-7-19(29)20(30)11-34-14/h2-3,6-9,11-12,30H,4-5,10H2,1H3,(H,26,27,28). The number of aromatic hydroxyl groups is 1. The molecule has 0 saturated heterocycles. The number of aromatic nitrogens is 2. The zero-order valence-corrected chi connectivity index (χ0v) is 18.6. The summed E-state index contributed by atoms with van der Waals surface area (Å²) in [6.07, 6.45) is 2.36. The van der Waals surface area contributed by atoms with Gasteiger partial charge >= 0.3 is 0 Å². The molecule has 2 N–H and O–H groups in total. The van der Waals surface area contributed by atoms with E-state index in [9.17, 15) is 14.3 Å². The smallest absolute Gasteiger partial charge is 0.226 e. The fourth-order valence-electron chi connectivity index (χ4n) is 3.05. The Bertz CT molecular complexity index is 1380. The average Bonchev–Trinajstić information content (AvgIpc) is 2.83. The van der Waals surface area contributed by atoms with Crippen LogP contribution in [0.5, 0.6) is 17.2 Å². The third-order valence-corrected chi connectivity index (χ3v) is 4.99. The van der Waals surface area contributed by atoms with Crippen LogP contribution in [0, 0.1) is 5.82 Å². The number of rotatable bonds is 9. The van der Waals surface area contributed by atoms with Gasteiger partial charge in [-0.3, -0.25) is 4.79 Å². The van der Waals surface area contributed by atoms with Crippen molar-refractivity contribution in [2.24, 2.45) is 0 Å². The van der Waals surface area contributed by atoms with Crippen LogP contribution in [0.4, 0.5) is 15.9 Å². The largest absolute Gasteiger partial charge is 0.502 e. The molecule has 0 unspecified atom stereocenters. The summed E-state index contributed by atoms with van der Waals surface area (Å²) in [5, 5.41) is 13.0. The number of nitrogens with zero attached hydrogens (tertiary/aromatic N) is 2. The number of anilines is 2. The minimum absolute atomic E-state index is 0.0133. The average molecular weight is 488 g/mol. The van der Waals surface area contributed by atoms with Crippen molar-refractivity contribution < 1.29 is 28.1 Å². The Morgan fingerprint density at radius 2 is 2.00 bits per heavy atom. The molecule has 0 bridgehead atoms. The van der Waals surface area contributed by atoms with Gasteiger partial charge < -0.3 is 29.1 Å². The van der Waals surface area contributed by atoms with E-state index in [-0.39, 0.29) is 30.6 Å². The van der Waals surface area contributed by atoms with Gasteiger partial charge in [-0.2, -0.15) is 0 Å². The van der Waals surface area contributed by atoms with Gasteiger partial charge in [0.1, 0.15) is 43.2 Å². The number of ether oxygens (including phenoxy) is 3. The van der Waals surface area contributed by atoms with Gasteiger partial charge in [-0.1, -0.05) is 11.6 Å². The number of benzene rings is 2. The maximum absolute atomic E-state index is 13.5. The van der Waals surface area contributed by atoms with E-state index in [0.29, 0.717) is 33.9 Å². The highest BCUT2D eigenvalue weighted by Crippen LogP contribution is 2.35. The molecule has 34 heavy (non-hydrogen) atoms. The molecular weight excluding hydrogens is 469 g/mol. The van der Waals surface area contributed by atoms with Crippen molar-refractivity contribution in [3.63, 3.8) is 0 Å².